The number of benzene rings is 2. The molecular weight excluding hydrogens is 430 g/mol. The second kappa shape index (κ2) is 11.7. The van der Waals surface area contributed by atoms with Crippen LogP contribution in [0.2, 0.25) is 0 Å². The van der Waals surface area contributed by atoms with Crippen molar-refractivity contribution in [2.24, 2.45) is 0 Å². The summed E-state index contributed by atoms with van der Waals surface area (Å²) >= 11 is 0. The molecule has 34 heavy (non-hydrogen) atoms. The van der Waals surface area contributed by atoms with E-state index in [1.54, 1.807) is 0 Å². The van der Waals surface area contributed by atoms with Gasteiger partial charge in [-0.1, -0.05) is 24.3 Å². The fourth-order valence-corrected chi connectivity index (χ4v) is 4.13. The highest BCUT2D eigenvalue weighted by atomic mass is 16.5. The molecule has 0 bridgehead atoms. The Balaban J connectivity index is 1.59. The van der Waals surface area contributed by atoms with Gasteiger partial charge in [-0.3, -0.25) is 0 Å². The number of fused-ring (bicyclic) bond motifs is 1. The Labute approximate surface area is 201 Å². The quantitative estimate of drug-likeness (QED) is 0.445. The monoisotopic (exact) mass is 465 g/mol. The zero-order valence-corrected chi connectivity index (χ0v) is 20.8. The molecule has 1 aromatic heterocycles. The Morgan fingerprint density at radius 1 is 1.06 bits per heavy atom. The van der Waals surface area contributed by atoms with E-state index in [2.05, 4.69) is 41.1 Å². The summed E-state index contributed by atoms with van der Waals surface area (Å²) in [5.41, 5.74) is 4.80. The summed E-state index contributed by atoms with van der Waals surface area (Å²) in [6.07, 6.45) is -0.210. The molecule has 0 spiro atoms. The number of amides is 1. The fraction of sp³-hybridized carbons (Fsp3) is 0.407. The molecule has 0 aliphatic carbocycles. The molecule has 2 aromatic carbocycles. The number of rotatable bonds is 10. The van der Waals surface area contributed by atoms with E-state index >= 15 is 0 Å². The maximum Gasteiger partial charge on any atom is 0.407 e. The van der Waals surface area contributed by atoms with Gasteiger partial charge >= 0.3 is 11.7 Å². The van der Waals surface area contributed by atoms with E-state index in [-0.39, 0.29) is 12.2 Å². The van der Waals surface area contributed by atoms with Gasteiger partial charge in [0.15, 0.2) is 0 Å². The van der Waals surface area contributed by atoms with Crippen LogP contribution in [0.1, 0.15) is 36.1 Å². The minimum atomic E-state index is -0.510. The third-order valence-electron chi connectivity index (χ3n) is 5.91. The van der Waals surface area contributed by atoms with E-state index in [4.69, 9.17) is 9.15 Å². The second-order valence-electron chi connectivity index (χ2n) is 8.64. The van der Waals surface area contributed by atoms with Crippen LogP contribution in [0.3, 0.4) is 0 Å². The van der Waals surface area contributed by atoms with Crippen molar-refractivity contribution < 1.29 is 13.9 Å². The molecule has 0 unspecified atom stereocenters. The zero-order chi connectivity index (χ0) is 24.7. The summed E-state index contributed by atoms with van der Waals surface area (Å²) in [6, 6.07) is 14.0. The molecule has 0 fully saturated rings. The average Bonchev–Trinajstić information content (AvgIpc) is 2.80. The number of ether oxygens (including phenoxy) is 1. The van der Waals surface area contributed by atoms with Crippen molar-refractivity contribution in [1.29, 1.82) is 0 Å². The van der Waals surface area contributed by atoms with Crippen LogP contribution in [0.25, 0.3) is 11.0 Å². The van der Waals surface area contributed by atoms with Crippen LogP contribution in [0.4, 0.5) is 10.5 Å². The maximum absolute atomic E-state index is 12.6. The smallest absolute Gasteiger partial charge is 0.407 e. The SMILES string of the molecule is CCN(CC)c1ccc2c(C)c(CCOC(=O)NCc3cccc(CN(C)C)c3)c(=O)oc2c1. The van der Waals surface area contributed by atoms with Crippen LogP contribution < -0.4 is 15.8 Å². The van der Waals surface area contributed by atoms with E-state index in [9.17, 15) is 9.59 Å². The van der Waals surface area contributed by atoms with Gasteiger partial charge < -0.3 is 24.3 Å². The first kappa shape index (κ1) is 25.3. The first-order valence-electron chi connectivity index (χ1n) is 11.8. The molecule has 0 aliphatic rings. The van der Waals surface area contributed by atoms with E-state index in [1.165, 1.54) is 5.56 Å². The molecule has 1 heterocycles. The molecule has 182 valence electrons. The molecule has 1 amide bonds. The Hall–Kier alpha value is -3.32. The average molecular weight is 466 g/mol. The van der Waals surface area contributed by atoms with Crippen LogP contribution in [0, 0.1) is 6.92 Å². The van der Waals surface area contributed by atoms with Crippen molar-refractivity contribution in [2.75, 3.05) is 38.7 Å². The van der Waals surface area contributed by atoms with Gasteiger partial charge in [0, 0.05) is 55.3 Å². The summed E-state index contributed by atoms with van der Waals surface area (Å²) in [7, 11) is 4.04. The number of carbonyl (C=O) groups is 1. The number of anilines is 1. The number of nitrogens with one attached hydrogen (secondary N) is 1. The van der Waals surface area contributed by atoms with E-state index < -0.39 is 6.09 Å². The number of aryl methyl sites for hydroxylation is 1. The van der Waals surface area contributed by atoms with Gasteiger partial charge in [0.2, 0.25) is 0 Å². The number of alkyl carbamates (subject to hydrolysis) is 1. The first-order valence-corrected chi connectivity index (χ1v) is 11.8. The van der Waals surface area contributed by atoms with E-state index in [1.807, 2.05) is 51.4 Å². The highest BCUT2D eigenvalue weighted by Gasteiger charge is 2.14. The Morgan fingerprint density at radius 3 is 2.50 bits per heavy atom. The molecular formula is C27H35N3O4. The Bertz CT molecular complexity index is 1180. The van der Waals surface area contributed by atoms with E-state index in [0.29, 0.717) is 24.1 Å². The molecule has 0 saturated heterocycles. The molecule has 3 rings (SSSR count). The van der Waals surface area contributed by atoms with Crippen LogP contribution in [0.5, 0.6) is 0 Å². The lowest BCUT2D eigenvalue weighted by Gasteiger charge is -2.21. The van der Waals surface area contributed by atoms with Crippen molar-refractivity contribution in [3.8, 4) is 0 Å². The fourth-order valence-electron chi connectivity index (χ4n) is 4.13. The van der Waals surface area contributed by atoms with Crippen LogP contribution in [-0.2, 0) is 24.2 Å². The van der Waals surface area contributed by atoms with Gasteiger partial charge in [-0.25, -0.2) is 9.59 Å². The van der Waals surface area contributed by atoms with Crippen molar-refractivity contribution in [2.45, 2.75) is 40.3 Å². The minimum absolute atomic E-state index is 0.0984. The van der Waals surface area contributed by atoms with Crippen LogP contribution >= 0.6 is 0 Å². The number of hydrogen-bond acceptors (Lipinski definition) is 6. The predicted molar refractivity (Wildman–Crippen MR) is 137 cm³/mol. The Kier molecular flexibility index (Phi) is 8.71. The lowest BCUT2D eigenvalue weighted by Crippen LogP contribution is -2.25. The molecule has 0 aliphatic heterocycles. The lowest BCUT2D eigenvalue weighted by molar-refractivity contribution is 0.146. The van der Waals surface area contributed by atoms with Crippen molar-refractivity contribution in [3.63, 3.8) is 0 Å². The van der Waals surface area contributed by atoms with Crippen molar-refractivity contribution in [3.05, 3.63) is 75.1 Å². The number of carbonyl (C=O) groups excluding carboxylic acids is 1. The van der Waals surface area contributed by atoms with Gasteiger partial charge in [0.1, 0.15) is 5.58 Å². The molecule has 7 nitrogen and oxygen atoms in total. The van der Waals surface area contributed by atoms with Gasteiger partial charge in [-0.15, -0.1) is 0 Å². The summed E-state index contributed by atoms with van der Waals surface area (Å²) < 4.78 is 10.9. The lowest BCUT2D eigenvalue weighted by atomic mass is 10.0. The third kappa shape index (κ3) is 6.38. The second-order valence-corrected chi connectivity index (χ2v) is 8.64. The molecule has 3 aromatic rings. The highest BCUT2D eigenvalue weighted by Crippen LogP contribution is 2.25. The van der Waals surface area contributed by atoms with E-state index in [0.717, 1.165) is 41.8 Å². The normalized spacial score (nSPS) is 11.1. The van der Waals surface area contributed by atoms with Crippen molar-refractivity contribution >= 4 is 22.7 Å². The molecule has 0 atom stereocenters. The van der Waals surface area contributed by atoms with Gasteiger partial charge in [0.25, 0.3) is 0 Å². The van der Waals surface area contributed by atoms with Gasteiger partial charge in [0.05, 0.1) is 6.61 Å². The van der Waals surface area contributed by atoms with Crippen LogP contribution in [0.15, 0.2) is 51.7 Å². The minimum Gasteiger partial charge on any atom is -0.449 e. The van der Waals surface area contributed by atoms with Crippen LogP contribution in [-0.4, -0.2) is 44.8 Å². The number of hydrogen-bond donors (Lipinski definition) is 1. The standard InChI is InChI=1S/C27H35N3O4/c1-6-30(7-2)22-11-12-23-19(3)24(26(31)34-25(23)16-22)13-14-33-27(32)28-17-20-9-8-10-21(15-20)18-29(4)5/h8-12,15-16H,6-7,13-14,17-18H2,1-5H3,(H,28,32). The summed E-state index contributed by atoms with van der Waals surface area (Å²) in [4.78, 5) is 29.1. The summed E-state index contributed by atoms with van der Waals surface area (Å²) in [5, 5.41) is 3.67. The van der Waals surface area contributed by atoms with Crippen molar-refractivity contribution in [1.82, 2.24) is 10.2 Å². The third-order valence-corrected chi connectivity index (χ3v) is 5.91. The highest BCUT2D eigenvalue weighted by molar-refractivity contribution is 5.84. The molecule has 1 N–H and O–H groups in total. The first-order chi connectivity index (χ1) is 16.3. The summed E-state index contributed by atoms with van der Waals surface area (Å²) in [6.45, 7) is 9.17. The molecule has 7 heteroatoms. The Morgan fingerprint density at radius 2 is 1.79 bits per heavy atom. The maximum atomic E-state index is 12.6. The van der Waals surface area contributed by atoms with Gasteiger partial charge in [-0.05, 0) is 63.7 Å². The topological polar surface area (TPSA) is 75.0 Å². The summed E-state index contributed by atoms with van der Waals surface area (Å²) in [5.74, 6) is 0. The predicted octanol–water partition coefficient (Wildman–Crippen LogP) is 4.48. The largest absolute Gasteiger partial charge is 0.449 e. The van der Waals surface area contributed by atoms with Gasteiger partial charge in [-0.2, -0.15) is 0 Å². The zero-order valence-electron chi connectivity index (χ0n) is 20.8. The molecule has 0 radical (unpaired) electrons. The number of nitrogens with zero attached hydrogens (tertiary/aromatic N) is 2. The molecule has 0 saturated carbocycles.